The van der Waals surface area contributed by atoms with Gasteiger partial charge in [-0.2, -0.15) is 0 Å². The van der Waals surface area contributed by atoms with E-state index in [1.807, 2.05) is 0 Å². The Kier molecular flexibility index (Phi) is 12.3. The SMILES string of the molecule is C#C[C@]1(OC(C)=O)CC[C@H]2[C@@H]3CCC4=C/C(=N\O)CC[C@@H]4[C@H]3CC[C@@]21CC.OC[C@H]1O[C@@H](O[C@H]2[C@H](O)[C@@H](O)C(O)O[C@@H]2CO)[C@H](O)[C@@H](O)[C@H]1O. The number of nitrogens with zero attached hydrogens (tertiary/aromatic N) is 1. The van der Waals surface area contributed by atoms with Crippen LogP contribution in [0.15, 0.2) is 16.8 Å². The first kappa shape index (κ1) is 39.0. The van der Waals surface area contributed by atoms with Gasteiger partial charge in [-0.1, -0.05) is 23.6 Å². The van der Waals surface area contributed by atoms with Crippen molar-refractivity contribution in [3.05, 3.63) is 11.6 Å². The van der Waals surface area contributed by atoms with Crippen molar-refractivity contribution in [3.8, 4) is 12.3 Å². The second-order valence-corrected chi connectivity index (χ2v) is 14.6. The Morgan fingerprint density at radius 3 is 2.26 bits per heavy atom. The van der Waals surface area contributed by atoms with E-state index in [1.54, 1.807) is 0 Å². The maximum absolute atomic E-state index is 11.9. The Morgan fingerprint density at radius 1 is 0.920 bits per heavy atom. The first-order valence-corrected chi connectivity index (χ1v) is 17.7. The smallest absolute Gasteiger partial charge is 0.304 e. The topological polar surface area (TPSA) is 248 Å². The lowest BCUT2D eigenvalue weighted by Crippen LogP contribution is -2.64. The average molecular weight is 712 g/mol. The Hall–Kier alpha value is -2.20. The van der Waals surface area contributed by atoms with Crippen LogP contribution in [0.25, 0.3) is 0 Å². The Labute approximate surface area is 291 Å². The standard InChI is InChI=1S/C23H31NO3.C12H22O11/c1-4-22-12-10-19-18-9-7-17(24-26)14-16(18)6-8-20(19)21(22)11-13-23(22,5-2)27-15(3)25;13-1-3-5(15)6(16)9(19)12(22-3)23-10-4(2-14)21-11(20)8(18)7(10)17/h2,14,18-21,26H,4,6-13H2,1,3H3;3-20H,1-2H2/b24-17-;/t18-,19+,20+,21-,22-,23-;3-,4-,5+,6+,7-,8-,9-,10-,11?,12+/m01/s1. The molecule has 0 aromatic heterocycles. The molecule has 1 unspecified atom stereocenters. The van der Waals surface area contributed by atoms with Crippen molar-refractivity contribution in [3.63, 3.8) is 0 Å². The zero-order valence-corrected chi connectivity index (χ0v) is 28.5. The molecule has 6 rings (SSSR count). The first-order chi connectivity index (χ1) is 23.8. The molecule has 3 saturated carbocycles. The summed E-state index contributed by atoms with van der Waals surface area (Å²) >= 11 is 0. The third kappa shape index (κ3) is 6.85. The molecule has 2 heterocycles. The molecule has 15 nitrogen and oxygen atoms in total. The van der Waals surface area contributed by atoms with E-state index < -0.39 is 80.2 Å². The third-order valence-corrected chi connectivity index (χ3v) is 12.4. The van der Waals surface area contributed by atoms with Crippen LogP contribution in [0.4, 0.5) is 0 Å². The number of rotatable bonds is 6. The van der Waals surface area contributed by atoms with E-state index in [-0.39, 0.29) is 11.4 Å². The Balaban J connectivity index is 0.000000197. The van der Waals surface area contributed by atoms with Gasteiger partial charge < -0.3 is 65.0 Å². The zero-order chi connectivity index (χ0) is 36.5. The highest BCUT2D eigenvalue weighted by molar-refractivity contribution is 5.96. The number of aliphatic hydroxyl groups excluding tert-OH is 8. The summed E-state index contributed by atoms with van der Waals surface area (Å²) in [6.45, 7) is 2.37. The summed E-state index contributed by atoms with van der Waals surface area (Å²) in [7, 11) is 0. The first-order valence-electron chi connectivity index (χ1n) is 17.7. The Bertz CT molecular complexity index is 1300. The summed E-state index contributed by atoms with van der Waals surface area (Å²) < 4.78 is 21.2. The molecule has 0 radical (unpaired) electrons. The molecule has 9 N–H and O–H groups in total. The van der Waals surface area contributed by atoms with Gasteiger partial charge in [0.25, 0.3) is 0 Å². The molecule has 0 amide bonds. The normalized spacial score (nSPS) is 47.8. The number of carbonyl (C=O) groups is 1. The highest BCUT2D eigenvalue weighted by Gasteiger charge is 2.65. The largest absolute Gasteiger partial charge is 0.445 e. The number of fused-ring (bicyclic) bond motifs is 5. The third-order valence-electron chi connectivity index (χ3n) is 12.4. The quantitative estimate of drug-likeness (QED) is 0.0717. The molecule has 0 bridgehead atoms. The van der Waals surface area contributed by atoms with E-state index in [0.29, 0.717) is 23.7 Å². The maximum atomic E-state index is 11.9. The van der Waals surface area contributed by atoms with Gasteiger partial charge in [0.1, 0.15) is 48.8 Å². The van der Waals surface area contributed by atoms with Gasteiger partial charge in [-0.3, -0.25) is 4.79 Å². The minimum Gasteiger partial charge on any atom is -0.445 e. The zero-order valence-electron chi connectivity index (χ0n) is 28.5. The van der Waals surface area contributed by atoms with Crippen LogP contribution >= 0.6 is 0 Å². The molecule has 4 aliphatic carbocycles. The van der Waals surface area contributed by atoms with Gasteiger partial charge >= 0.3 is 5.97 Å². The highest BCUT2D eigenvalue weighted by atomic mass is 16.7. The second-order valence-electron chi connectivity index (χ2n) is 14.6. The van der Waals surface area contributed by atoms with Crippen LogP contribution in [0.2, 0.25) is 0 Å². The fraction of sp³-hybridized carbons (Fsp3) is 0.829. The molecular weight excluding hydrogens is 658 g/mol. The van der Waals surface area contributed by atoms with Crippen molar-refractivity contribution in [2.24, 2.45) is 34.2 Å². The van der Waals surface area contributed by atoms with E-state index in [9.17, 15) is 40.5 Å². The van der Waals surface area contributed by atoms with Gasteiger partial charge in [0.2, 0.25) is 0 Å². The van der Waals surface area contributed by atoms with Crippen LogP contribution in [0.1, 0.15) is 71.6 Å². The summed E-state index contributed by atoms with van der Waals surface area (Å²) in [5, 5.41) is 89.1. The molecule has 2 aliphatic heterocycles. The minimum absolute atomic E-state index is 0.0673. The van der Waals surface area contributed by atoms with E-state index in [2.05, 4.69) is 24.1 Å². The van der Waals surface area contributed by atoms with Gasteiger partial charge in [0.15, 0.2) is 18.2 Å². The van der Waals surface area contributed by atoms with E-state index in [4.69, 9.17) is 35.7 Å². The number of terminal acetylenes is 1. The van der Waals surface area contributed by atoms with Crippen molar-refractivity contribution < 1.29 is 69.8 Å². The molecular formula is C35H53NO14. The summed E-state index contributed by atoms with van der Waals surface area (Å²) in [5.74, 6) is 5.25. The number of allylic oxidation sites excluding steroid dienone is 2. The number of ether oxygens (including phenoxy) is 4. The number of hydrogen-bond donors (Lipinski definition) is 9. The van der Waals surface area contributed by atoms with Crippen molar-refractivity contribution in [2.45, 2.75) is 139 Å². The van der Waals surface area contributed by atoms with Crippen molar-refractivity contribution in [1.82, 2.24) is 0 Å². The second kappa shape index (κ2) is 15.8. The molecule has 282 valence electrons. The van der Waals surface area contributed by atoms with Crippen LogP contribution in [0.3, 0.4) is 0 Å². The predicted molar refractivity (Wildman–Crippen MR) is 173 cm³/mol. The summed E-state index contributed by atoms with van der Waals surface area (Å²) in [5.41, 5.74) is 1.53. The maximum Gasteiger partial charge on any atom is 0.304 e. The lowest BCUT2D eigenvalue weighted by Gasteiger charge is -2.56. The number of hydrogen-bond acceptors (Lipinski definition) is 15. The lowest BCUT2D eigenvalue weighted by atomic mass is 9.49. The molecule has 0 aromatic carbocycles. The van der Waals surface area contributed by atoms with Gasteiger partial charge in [-0.15, -0.1) is 6.42 Å². The monoisotopic (exact) mass is 711 g/mol. The van der Waals surface area contributed by atoms with Gasteiger partial charge in [0, 0.05) is 12.3 Å². The van der Waals surface area contributed by atoms with E-state index in [1.165, 1.54) is 18.9 Å². The summed E-state index contributed by atoms with van der Waals surface area (Å²) in [4.78, 5) is 11.9. The van der Waals surface area contributed by atoms with Crippen molar-refractivity contribution in [1.29, 1.82) is 0 Å². The molecule has 16 atom stereocenters. The van der Waals surface area contributed by atoms with Gasteiger partial charge in [-0.25, -0.2) is 0 Å². The van der Waals surface area contributed by atoms with Gasteiger partial charge in [0.05, 0.1) is 18.9 Å². The number of oxime groups is 1. The Morgan fingerprint density at radius 2 is 1.64 bits per heavy atom. The van der Waals surface area contributed by atoms with Crippen LogP contribution < -0.4 is 0 Å². The molecule has 15 heteroatoms. The molecule has 2 saturated heterocycles. The molecule has 0 aromatic rings. The van der Waals surface area contributed by atoms with Gasteiger partial charge in [-0.05, 0) is 87.5 Å². The predicted octanol–water partition coefficient (Wildman–Crippen LogP) is -0.683. The minimum atomic E-state index is -1.74. The fourth-order valence-electron chi connectivity index (χ4n) is 10.0. The molecule has 50 heavy (non-hydrogen) atoms. The van der Waals surface area contributed by atoms with Crippen molar-refractivity contribution >= 4 is 11.7 Å². The molecule has 0 spiro atoms. The number of carbonyl (C=O) groups excluding carboxylic acids is 1. The van der Waals surface area contributed by atoms with Crippen molar-refractivity contribution in [2.75, 3.05) is 13.2 Å². The number of esters is 1. The fourth-order valence-corrected chi connectivity index (χ4v) is 10.0. The molecule has 6 aliphatic rings. The van der Waals surface area contributed by atoms with Crippen LogP contribution in [0.5, 0.6) is 0 Å². The van der Waals surface area contributed by atoms with Crippen LogP contribution in [0, 0.1) is 41.4 Å². The highest BCUT2D eigenvalue weighted by Crippen LogP contribution is 2.67. The van der Waals surface area contributed by atoms with Crippen LogP contribution in [-0.4, -0.2) is 138 Å². The average Bonchev–Trinajstić information content (AvgIpc) is 3.45. The lowest BCUT2D eigenvalue weighted by molar-refractivity contribution is -0.355. The number of aliphatic hydroxyl groups is 8. The van der Waals surface area contributed by atoms with E-state index in [0.717, 1.165) is 57.1 Å². The van der Waals surface area contributed by atoms with E-state index >= 15 is 0 Å². The summed E-state index contributed by atoms with van der Waals surface area (Å²) in [6.07, 6.45) is 1.91. The molecule has 5 fully saturated rings. The summed E-state index contributed by atoms with van der Waals surface area (Å²) in [6, 6.07) is 0. The van der Waals surface area contributed by atoms with Crippen LogP contribution in [-0.2, 0) is 23.7 Å².